The summed E-state index contributed by atoms with van der Waals surface area (Å²) in [7, 11) is 0. The number of nitrogens with one attached hydrogen (secondary N) is 6. The Morgan fingerprint density at radius 1 is 0.789 bits per heavy atom. The van der Waals surface area contributed by atoms with E-state index in [1.165, 1.54) is 64.2 Å². The number of para-hydroxylation sites is 1. The lowest BCUT2D eigenvalue weighted by molar-refractivity contribution is -0.132. The number of carbonyl (C=O) groups is 2. The van der Waals surface area contributed by atoms with Crippen LogP contribution in [0.15, 0.2) is 30.5 Å². The molecule has 2 aromatic heterocycles. The number of hydrogen-bond donors (Lipinski definition) is 7. The van der Waals surface area contributed by atoms with Crippen LogP contribution in [-0.4, -0.2) is 112 Å². The molecule has 314 valence electrons. The van der Waals surface area contributed by atoms with Crippen LogP contribution in [0.2, 0.25) is 0 Å². The molecule has 6 rings (SSSR count). The number of carbonyl (C=O) groups excluding carboxylic acids is 2. The number of amides is 2. The monoisotopic (exact) mass is 788 g/mol. The molecule has 1 saturated heterocycles. The number of anilines is 2. The van der Waals surface area contributed by atoms with Gasteiger partial charge in [-0.3, -0.25) is 14.3 Å². The molecule has 8 N–H and O–H groups in total. The largest absolute Gasteiger partial charge is 0.367 e. The van der Waals surface area contributed by atoms with Crippen molar-refractivity contribution < 1.29 is 9.59 Å². The molecule has 3 heterocycles. The Bertz CT molecular complexity index is 1630. The summed E-state index contributed by atoms with van der Waals surface area (Å²) in [5.74, 6) is 1.17. The van der Waals surface area contributed by atoms with Crippen molar-refractivity contribution in [3.05, 3.63) is 36.2 Å². The first-order chi connectivity index (χ1) is 28.0. The van der Waals surface area contributed by atoms with Gasteiger partial charge in [-0.1, -0.05) is 55.9 Å². The highest BCUT2D eigenvalue weighted by atomic mass is 16.2. The highest BCUT2D eigenvalue weighted by Gasteiger charge is 2.25. The molecule has 3 aromatic rings. The summed E-state index contributed by atoms with van der Waals surface area (Å²) < 4.78 is 1.90. The van der Waals surface area contributed by atoms with Crippen molar-refractivity contribution >= 4 is 34.5 Å². The van der Waals surface area contributed by atoms with Gasteiger partial charge in [-0.05, 0) is 103 Å². The van der Waals surface area contributed by atoms with E-state index in [1.54, 1.807) is 0 Å². The van der Waals surface area contributed by atoms with E-state index in [2.05, 4.69) is 42.2 Å². The van der Waals surface area contributed by atoms with Crippen molar-refractivity contribution in [2.24, 2.45) is 5.73 Å². The van der Waals surface area contributed by atoms with E-state index < -0.39 is 6.04 Å². The molecule has 2 saturated carbocycles. The molecular weight excluding hydrogens is 719 g/mol. The number of nitrogens with two attached hydrogens (primary N) is 1. The molecule has 3 fully saturated rings. The van der Waals surface area contributed by atoms with Gasteiger partial charge in [0.05, 0.1) is 24.3 Å². The number of benzene rings is 1. The van der Waals surface area contributed by atoms with E-state index in [-0.39, 0.29) is 24.3 Å². The zero-order valence-corrected chi connectivity index (χ0v) is 34.2. The van der Waals surface area contributed by atoms with Crippen molar-refractivity contribution in [1.82, 2.24) is 51.1 Å². The van der Waals surface area contributed by atoms with Crippen LogP contribution in [0.5, 0.6) is 0 Å². The van der Waals surface area contributed by atoms with Gasteiger partial charge in [0.1, 0.15) is 11.5 Å². The van der Waals surface area contributed by atoms with Gasteiger partial charge in [0, 0.05) is 56.1 Å². The first kappa shape index (κ1) is 42.7. The van der Waals surface area contributed by atoms with E-state index >= 15 is 0 Å². The van der Waals surface area contributed by atoms with Gasteiger partial charge in [-0.2, -0.15) is 4.98 Å². The number of rotatable bonds is 23. The molecule has 0 unspecified atom stereocenters. The topological polar surface area (TPSA) is 192 Å². The number of fused-ring (bicyclic) bond motifs is 1. The van der Waals surface area contributed by atoms with Crippen LogP contribution in [0.1, 0.15) is 115 Å². The standard InChI is InChI=1S/C42H69N13O2/c43-37(41(57)47-26-10-25-46-33-14-5-2-6-15-33)18-19-39(56)54-28-20-34(21-29-54)49-40-36-16-7-8-17-38(36)50-42(51-40)48-30-35-31-55(53-52-35)27-11-23-44-22-9-24-45-32-12-3-1-4-13-32/h7-8,16-17,31-34,37,44-46H,1-6,9-15,18-30,43H2,(H,47,57)(H2,48,49,50,51)/t37-/m0/s1. The first-order valence-electron chi connectivity index (χ1n) is 22.1. The summed E-state index contributed by atoms with van der Waals surface area (Å²) in [5.41, 5.74) is 7.85. The summed E-state index contributed by atoms with van der Waals surface area (Å²) in [4.78, 5) is 37.1. The SMILES string of the molecule is N[C@@H](CCC(=O)N1CCC(Nc2nc(NCc3cn(CCCNCCCNC4CCCCC4)nn3)nc3ccccc23)CC1)C(=O)NCCCNC1CCCCC1. The molecule has 15 heteroatoms. The Hall–Kier alpha value is -3.92. The Balaban J connectivity index is 0.863. The van der Waals surface area contributed by atoms with Crippen LogP contribution < -0.4 is 37.6 Å². The second-order valence-corrected chi connectivity index (χ2v) is 16.4. The molecule has 1 aromatic carbocycles. The van der Waals surface area contributed by atoms with Gasteiger partial charge in [0.25, 0.3) is 0 Å². The third kappa shape index (κ3) is 14.4. The van der Waals surface area contributed by atoms with Crippen molar-refractivity contribution in [2.45, 2.75) is 146 Å². The van der Waals surface area contributed by atoms with Crippen LogP contribution in [0, 0.1) is 0 Å². The van der Waals surface area contributed by atoms with Crippen molar-refractivity contribution in [2.75, 3.05) is 56.4 Å². The number of hydrogen-bond acceptors (Lipinski definition) is 12. The molecule has 57 heavy (non-hydrogen) atoms. The molecule has 1 atom stereocenters. The summed E-state index contributed by atoms with van der Waals surface area (Å²) in [6, 6.07) is 8.83. The lowest BCUT2D eigenvalue weighted by Crippen LogP contribution is -2.44. The molecule has 1 aliphatic heterocycles. The highest BCUT2D eigenvalue weighted by Crippen LogP contribution is 2.25. The Labute approximate surface area is 339 Å². The number of aryl methyl sites for hydroxylation is 1. The van der Waals surface area contributed by atoms with Crippen molar-refractivity contribution in [3.8, 4) is 0 Å². The van der Waals surface area contributed by atoms with Gasteiger partial charge in [-0.25, -0.2) is 4.98 Å². The number of piperidine rings is 1. The van der Waals surface area contributed by atoms with Gasteiger partial charge >= 0.3 is 0 Å². The maximum absolute atomic E-state index is 13.1. The van der Waals surface area contributed by atoms with E-state index in [4.69, 9.17) is 15.7 Å². The number of likely N-dealkylation sites (tertiary alicyclic amines) is 1. The number of aromatic nitrogens is 5. The average Bonchev–Trinajstić information content (AvgIpc) is 3.71. The maximum Gasteiger partial charge on any atom is 0.236 e. The zero-order valence-electron chi connectivity index (χ0n) is 34.2. The molecular formula is C42H69N13O2. The minimum absolute atomic E-state index is 0.0500. The Morgan fingerprint density at radius 3 is 2.21 bits per heavy atom. The predicted molar refractivity (Wildman–Crippen MR) is 227 cm³/mol. The van der Waals surface area contributed by atoms with Crippen LogP contribution in [0.3, 0.4) is 0 Å². The molecule has 0 spiro atoms. The van der Waals surface area contributed by atoms with Gasteiger partial charge < -0.3 is 42.5 Å². The Kier molecular flexibility index (Phi) is 17.6. The fraction of sp³-hybridized carbons (Fsp3) is 0.714. The van der Waals surface area contributed by atoms with E-state index in [9.17, 15) is 9.59 Å². The van der Waals surface area contributed by atoms with Crippen LogP contribution >= 0.6 is 0 Å². The fourth-order valence-corrected chi connectivity index (χ4v) is 8.36. The van der Waals surface area contributed by atoms with E-state index in [0.717, 1.165) is 93.3 Å². The molecule has 0 radical (unpaired) electrons. The summed E-state index contributed by atoms with van der Waals surface area (Å²) in [6.07, 6.45) is 20.5. The van der Waals surface area contributed by atoms with Gasteiger partial charge in [0.15, 0.2) is 0 Å². The Morgan fingerprint density at radius 2 is 1.47 bits per heavy atom. The quantitative estimate of drug-likeness (QED) is 0.0684. The number of nitrogens with zero attached hydrogens (tertiary/aromatic N) is 6. The molecule has 0 bridgehead atoms. The second kappa shape index (κ2) is 23.5. The second-order valence-electron chi connectivity index (χ2n) is 16.4. The minimum atomic E-state index is -0.680. The molecule has 15 nitrogen and oxygen atoms in total. The van der Waals surface area contributed by atoms with E-state index in [1.807, 2.05) is 40.0 Å². The third-order valence-corrected chi connectivity index (χ3v) is 11.8. The zero-order chi connectivity index (χ0) is 39.5. The lowest BCUT2D eigenvalue weighted by atomic mass is 9.95. The third-order valence-electron chi connectivity index (χ3n) is 11.8. The highest BCUT2D eigenvalue weighted by molar-refractivity contribution is 5.90. The van der Waals surface area contributed by atoms with Crippen LogP contribution in [0.4, 0.5) is 11.8 Å². The van der Waals surface area contributed by atoms with E-state index in [0.29, 0.717) is 44.6 Å². The van der Waals surface area contributed by atoms with Gasteiger partial charge in [0.2, 0.25) is 17.8 Å². The van der Waals surface area contributed by atoms with Crippen molar-refractivity contribution in [1.29, 1.82) is 0 Å². The minimum Gasteiger partial charge on any atom is -0.367 e. The molecule has 2 aliphatic carbocycles. The summed E-state index contributed by atoms with van der Waals surface area (Å²) in [5, 5.41) is 30.5. The predicted octanol–water partition coefficient (Wildman–Crippen LogP) is 4.06. The van der Waals surface area contributed by atoms with Crippen molar-refractivity contribution in [3.63, 3.8) is 0 Å². The normalized spacial score (nSPS) is 17.8. The fourth-order valence-electron chi connectivity index (χ4n) is 8.36. The summed E-state index contributed by atoms with van der Waals surface area (Å²) in [6.45, 7) is 7.15. The summed E-state index contributed by atoms with van der Waals surface area (Å²) >= 11 is 0. The maximum atomic E-state index is 13.1. The van der Waals surface area contributed by atoms with Crippen LogP contribution in [-0.2, 0) is 22.7 Å². The van der Waals surface area contributed by atoms with Crippen LogP contribution in [0.25, 0.3) is 10.9 Å². The average molecular weight is 788 g/mol. The molecule has 3 aliphatic rings. The smallest absolute Gasteiger partial charge is 0.236 e. The molecule has 2 amide bonds. The first-order valence-corrected chi connectivity index (χ1v) is 22.1. The van der Waals surface area contributed by atoms with Gasteiger partial charge in [-0.15, -0.1) is 5.10 Å². The lowest BCUT2D eigenvalue weighted by Gasteiger charge is -2.33.